The number of ketones is 1. The third kappa shape index (κ3) is 2.47. The summed E-state index contributed by atoms with van der Waals surface area (Å²) in [5.74, 6) is -1.22. The van der Waals surface area contributed by atoms with Gasteiger partial charge in [0.05, 0.1) is 17.1 Å². The Kier molecular flexibility index (Phi) is 4.82. The highest BCUT2D eigenvalue weighted by Crippen LogP contribution is 2.78. The van der Waals surface area contributed by atoms with E-state index < -0.39 is 62.9 Å². The molecule has 3 aliphatic carbocycles. The van der Waals surface area contributed by atoms with Crippen LogP contribution >= 0.6 is 12.6 Å². The van der Waals surface area contributed by atoms with Gasteiger partial charge in [-0.25, -0.2) is 4.79 Å². The summed E-state index contributed by atoms with van der Waals surface area (Å²) in [5, 5.41) is 11.0. The molecule has 2 bridgehead atoms. The van der Waals surface area contributed by atoms with Gasteiger partial charge in [-0.15, -0.1) is 0 Å². The minimum atomic E-state index is -1.26. The molecule has 0 aromatic heterocycles. The van der Waals surface area contributed by atoms with Crippen molar-refractivity contribution in [3.05, 3.63) is 0 Å². The molecule has 1 saturated heterocycles. The van der Waals surface area contributed by atoms with Crippen molar-refractivity contribution in [2.45, 2.75) is 97.2 Å². The molecule has 0 aromatic carbocycles. The summed E-state index contributed by atoms with van der Waals surface area (Å²) in [6, 6.07) is 0. The van der Waals surface area contributed by atoms with Crippen LogP contribution in [-0.4, -0.2) is 51.7 Å². The van der Waals surface area contributed by atoms with Gasteiger partial charge in [0.1, 0.15) is 17.5 Å². The van der Waals surface area contributed by atoms with Crippen LogP contribution in [0.5, 0.6) is 0 Å². The first-order chi connectivity index (χ1) is 14.1. The number of hydrogen-bond acceptors (Lipinski definition) is 7. The Labute approximate surface area is 189 Å². The second-order valence-corrected chi connectivity index (χ2v) is 11.7. The minimum absolute atomic E-state index is 0.0192. The maximum atomic E-state index is 14.0. The fourth-order valence-electron chi connectivity index (χ4n) is 8.74. The van der Waals surface area contributed by atoms with Crippen molar-refractivity contribution in [2.24, 2.45) is 28.1 Å². The number of carbonyl (C=O) groups excluding carboxylic acids is 3. The van der Waals surface area contributed by atoms with Crippen LogP contribution in [0.4, 0.5) is 4.79 Å². The van der Waals surface area contributed by atoms with Crippen LogP contribution in [-0.2, 0) is 23.8 Å². The molecule has 4 fully saturated rings. The number of ether oxygens (including phenoxy) is 3. The molecule has 1 aliphatic heterocycles. The quantitative estimate of drug-likeness (QED) is 0.488. The van der Waals surface area contributed by atoms with Gasteiger partial charge < -0.3 is 19.3 Å². The number of esters is 1. The molecule has 1 spiro atoms. The zero-order chi connectivity index (χ0) is 23.4. The molecular weight excluding hydrogens is 420 g/mol. The van der Waals surface area contributed by atoms with Gasteiger partial charge in [-0.3, -0.25) is 9.59 Å². The lowest BCUT2D eigenvalue weighted by atomic mass is 9.36. The summed E-state index contributed by atoms with van der Waals surface area (Å²) in [6.07, 6.45) is -1.28. The SMILES string of the molecule is CC(=O)O[C@H]1[C@@H](O)[C@H]2C(C)(C)CC[C@H](OC(=O)S)[C@]2(C)[C@@]23C(=O)C[C@](C)(O[C@]12C)[C@H]3C. The Morgan fingerprint density at radius 3 is 2.29 bits per heavy atom. The predicted octanol–water partition coefficient (Wildman–Crippen LogP) is 3.31. The predicted molar refractivity (Wildman–Crippen MR) is 115 cm³/mol. The topological polar surface area (TPSA) is 99.1 Å². The number of aliphatic hydroxyl groups is 1. The average molecular weight is 455 g/mol. The molecule has 4 aliphatic rings. The molecule has 7 nitrogen and oxygen atoms in total. The average Bonchev–Trinajstić information content (AvgIpc) is 2.91. The summed E-state index contributed by atoms with van der Waals surface area (Å²) in [7, 11) is 0. The van der Waals surface area contributed by atoms with Gasteiger partial charge in [-0.05, 0) is 32.1 Å². The van der Waals surface area contributed by atoms with Gasteiger partial charge in [0.2, 0.25) is 0 Å². The number of Topliss-reactive ketones (excluding diaryl/α,β-unsaturated/α-hetero) is 1. The highest BCUT2D eigenvalue weighted by atomic mass is 32.1. The van der Waals surface area contributed by atoms with Gasteiger partial charge >= 0.3 is 11.3 Å². The van der Waals surface area contributed by atoms with Crippen molar-refractivity contribution in [1.29, 1.82) is 0 Å². The van der Waals surface area contributed by atoms with Gasteiger partial charge in [-0.1, -0.05) is 40.3 Å². The van der Waals surface area contributed by atoms with Crippen LogP contribution in [0.25, 0.3) is 0 Å². The van der Waals surface area contributed by atoms with Crippen LogP contribution in [0.15, 0.2) is 0 Å². The monoisotopic (exact) mass is 454 g/mol. The van der Waals surface area contributed by atoms with Crippen LogP contribution in [0.1, 0.15) is 67.7 Å². The van der Waals surface area contributed by atoms with Crippen molar-refractivity contribution in [3.63, 3.8) is 0 Å². The third-order valence-corrected chi connectivity index (χ3v) is 9.64. The van der Waals surface area contributed by atoms with Gasteiger partial charge in [0.25, 0.3) is 0 Å². The molecule has 174 valence electrons. The summed E-state index contributed by atoms with van der Waals surface area (Å²) in [6.45, 7) is 13.1. The molecule has 9 atom stereocenters. The lowest BCUT2D eigenvalue weighted by Crippen LogP contribution is -2.80. The molecule has 1 heterocycles. The number of hydrogen-bond donors (Lipinski definition) is 2. The lowest BCUT2D eigenvalue weighted by Gasteiger charge is -2.70. The van der Waals surface area contributed by atoms with E-state index in [-0.39, 0.29) is 18.1 Å². The molecule has 31 heavy (non-hydrogen) atoms. The standard InChI is InChI=1S/C23H34O7S/c1-11-20(5)10-13(25)23(11)21(6)14(29-18(27)31)8-9-19(3,4)16(21)15(26)17(28-12(2)24)22(23,7)30-20/h11,14-17,26H,8-10H2,1-7H3,(H,27,31)/t11-,14+,15+,16+,17+,20+,21+,22-,23-/m1/s1. The van der Waals surface area contributed by atoms with Crippen molar-refractivity contribution in [2.75, 3.05) is 0 Å². The Morgan fingerprint density at radius 2 is 1.77 bits per heavy atom. The van der Waals surface area contributed by atoms with Crippen LogP contribution < -0.4 is 0 Å². The Balaban J connectivity index is 2.05. The van der Waals surface area contributed by atoms with Gasteiger partial charge in [0, 0.05) is 30.6 Å². The normalized spacial score (nSPS) is 52.3. The number of carbonyl (C=O) groups is 3. The van der Waals surface area contributed by atoms with E-state index in [9.17, 15) is 19.5 Å². The first kappa shape index (κ1) is 23.1. The van der Waals surface area contributed by atoms with E-state index >= 15 is 0 Å². The van der Waals surface area contributed by atoms with Crippen molar-refractivity contribution < 1.29 is 33.7 Å². The second-order valence-electron chi connectivity index (χ2n) is 11.3. The molecule has 3 saturated carbocycles. The minimum Gasteiger partial charge on any atom is -0.457 e. The molecule has 0 aromatic rings. The summed E-state index contributed by atoms with van der Waals surface area (Å²) >= 11 is 3.87. The van der Waals surface area contributed by atoms with E-state index in [1.54, 1.807) is 6.92 Å². The zero-order valence-corrected chi connectivity index (χ0v) is 20.2. The largest absolute Gasteiger partial charge is 0.457 e. The van der Waals surface area contributed by atoms with Crippen molar-refractivity contribution in [3.8, 4) is 0 Å². The molecule has 0 unspecified atom stereocenters. The maximum absolute atomic E-state index is 14.0. The summed E-state index contributed by atoms with van der Waals surface area (Å²) in [5.41, 5.74) is -4.47. The summed E-state index contributed by atoms with van der Waals surface area (Å²) in [4.78, 5) is 38.1. The van der Waals surface area contributed by atoms with Crippen LogP contribution in [0, 0.1) is 28.1 Å². The van der Waals surface area contributed by atoms with E-state index in [1.165, 1.54) is 6.92 Å². The molecule has 1 N–H and O–H groups in total. The molecule has 8 heteroatoms. The first-order valence-electron chi connectivity index (χ1n) is 11.1. The summed E-state index contributed by atoms with van der Waals surface area (Å²) < 4.78 is 18.1. The van der Waals surface area contributed by atoms with Gasteiger partial charge in [0.15, 0.2) is 6.10 Å². The van der Waals surface area contributed by atoms with E-state index in [4.69, 9.17) is 14.2 Å². The highest BCUT2D eigenvalue weighted by molar-refractivity contribution is 7.96. The number of fused-ring (bicyclic) bond motifs is 2. The van der Waals surface area contributed by atoms with Crippen LogP contribution in [0.3, 0.4) is 0 Å². The second kappa shape index (κ2) is 6.48. The molecule has 0 amide bonds. The Bertz CT molecular complexity index is 857. The lowest BCUT2D eigenvalue weighted by molar-refractivity contribution is -0.318. The van der Waals surface area contributed by atoms with Crippen molar-refractivity contribution >= 4 is 29.7 Å². The first-order valence-corrected chi connectivity index (χ1v) is 11.5. The zero-order valence-electron chi connectivity index (χ0n) is 19.4. The number of aliphatic hydroxyl groups excluding tert-OH is 1. The van der Waals surface area contributed by atoms with E-state index in [2.05, 4.69) is 26.5 Å². The molecular formula is C23H34O7S. The number of thiol groups is 1. The molecule has 4 rings (SSSR count). The number of rotatable bonds is 2. The van der Waals surface area contributed by atoms with E-state index in [0.29, 0.717) is 12.8 Å². The van der Waals surface area contributed by atoms with Crippen LogP contribution in [0.2, 0.25) is 0 Å². The third-order valence-electron chi connectivity index (χ3n) is 9.53. The fraction of sp³-hybridized carbons (Fsp3) is 0.870. The van der Waals surface area contributed by atoms with E-state index in [1.807, 2.05) is 20.8 Å². The Hall–Kier alpha value is -1.12. The maximum Gasteiger partial charge on any atom is 0.364 e. The fourth-order valence-corrected chi connectivity index (χ4v) is 8.87. The smallest absolute Gasteiger partial charge is 0.364 e. The molecule has 0 radical (unpaired) electrons. The van der Waals surface area contributed by atoms with E-state index in [0.717, 1.165) is 0 Å². The van der Waals surface area contributed by atoms with Gasteiger partial charge in [-0.2, -0.15) is 0 Å². The Morgan fingerprint density at radius 1 is 1.16 bits per heavy atom. The highest BCUT2D eigenvalue weighted by Gasteiger charge is 2.88. The van der Waals surface area contributed by atoms with Crippen molar-refractivity contribution in [1.82, 2.24) is 0 Å².